The van der Waals surface area contributed by atoms with Gasteiger partial charge < -0.3 is 18.4 Å². The standard InChI is InChI=1S/C13H15N3O5/c1-18-13(17)9-8-19-6-4-16(9)7-11-14-12(21-15-11)10-3-2-5-20-10/h2-3,5,9H,4,6-8H2,1H3. The van der Waals surface area contributed by atoms with E-state index in [4.69, 9.17) is 18.4 Å². The van der Waals surface area contributed by atoms with Gasteiger partial charge in [0.25, 0.3) is 5.89 Å². The van der Waals surface area contributed by atoms with E-state index >= 15 is 0 Å². The number of hydrogen-bond donors (Lipinski definition) is 0. The van der Waals surface area contributed by atoms with Gasteiger partial charge >= 0.3 is 5.97 Å². The zero-order valence-corrected chi connectivity index (χ0v) is 11.5. The van der Waals surface area contributed by atoms with E-state index < -0.39 is 6.04 Å². The molecule has 1 aliphatic rings. The second-order valence-electron chi connectivity index (χ2n) is 4.58. The molecule has 2 aromatic heterocycles. The van der Waals surface area contributed by atoms with Crippen LogP contribution in [0.25, 0.3) is 11.7 Å². The van der Waals surface area contributed by atoms with E-state index in [1.165, 1.54) is 13.4 Å². The van der Waals surface area contributed by atoms with E-state index in [1.54, 1.807) is 12.1 Å². The number of carbonyl (C=O) groups is 1. The van der Waals surface area contributed by atoms with Gasteiger partial charge in [-0.3, -0.25) is 9.69 Å². The molecule has 0 spiro atoms. The largest absolute Gasteiger partial charge is 0.468 e. The highest BCUT2D eigenvalue weighted by molar-refractivity contribution is 5.75. The minimum Gasteiger partial charge on any atom is -0.468 e. The normalized spacial score (nSPS) is 19.6. The van der Waals surface area contributed by atoms with E-state index in [0.29, 0.717) is 43.8 Å². The van der Waals surface area contributed by atoms with Crippen molar-refractivity contribution in [1.82, 2.24) is 15.0 Å². The molecule has 8 nitrogen and oxygen atoms in total. The third kappa shape index (κ3) is 2.96. The molecule has 1 aliphatic heterocycles. The van der Waals surface area contributed by atoms with Crippen molar-refractivity contribution in [3.63, 3.8) is 0 Å². The molecule has 2 aromatic rings. The minimum atomic E-state index is -0.450. The van der Waals surface area contributed by atoms with Crippen LogP contribution < -0.4 is 0 Å². The van der Waals surface area contributed by atoms with Crippen LogP contribution in [0.5, 0.6) is 0 Å². The summed E-state index contributed by atoms with van der Waals surface area (Å²) in [6.07, 6.45) is 1.54. The maximum absolute atomic E-state index is 11.7. The first kappa shape index (κ1) is 13.8. The first-order valence-corrected chi connectivity index (χ1v) is 6.54. The monoisotopic (exact) mass is 293 g/mol. The van der Waals surface area contributed by atoms with Crippen molar-refractivity contribution in [2.75, 3.05) is 26.9 Å². The molecular formula is C13H15N3O5. The lowest BCUT2D eigenvalue weighted by Gasteiger charge is -2.32. The van der Waals surface area contributed by atoms with E-state index in [1.807, 2.05) is 4.90 Å². The van der Waals surface area contributed by atoms with Crippen LogP contribution in [-0.4, -0.2) is 53.9 Å². The molecular weight excluding hydrogens is 278 g/mol. The third-order valence-electron chi connectivity index (χ3n) is 3.26. The number of aromatic nitrogens is 2. The number of esters is 1. The van der Waals surface area contributed by atoms with Gasteiger partial charge in [0.15, 0.2) is 11.6 Å². The number of carbonyl (C=O) groups excluding carboxylic acids is 1. The lowest BCUT2D eigenvalue weighted by Crippen LogP contribution is -2.49. The van der Waals surface area contributed by atoms with Crippen LogP contribution in [0.4, 0.5) is 0 Å². The third-order valence-corrected chi connectivity index (χ3v) is 3.26. The van der Waals surface area contributed by atoms with Gasteiger partial charge in [-0.2, -0.15) is 4.98 Å². The second kappa shape index (κ2) is 6.06. The summed E-state index contributed by atoms with van der Waals surface area (Å²) < 4.78 is 20.4. The van der Waals surface area contributed by atoms with Gasteiger partial charge in [-0.25, -0.2) is 0 Å². The second-order valence-corrected chi connectivity index (χ2v) is 4.58. The fourth-order valence-electron chi connectivity index (χ4n) is 2.18. The van der Waals surface area contributed by atoms with Crippen LogP contribution in [0.2, 0.25) is 0 Å². The quantitative estimate of drug-likeness (QED) is 0.761. The van der Waals surface area contributed by atoms with Crippen LogP contribution in [0.3, 0.4) is 0 Å². The number of methoxy groups -OCH3 is 1. The molecule has 0 aromatic carbocycles. The summed E-state index contributed by atoms with van der Waals surface area (Å²) in [7, 11) is 1.36. The number of hydrogen-bond acceptors (Lipinski definition) is 8. The zero-order valence-electron chi connectivity index (χ0n) is 11.5. The average molecular weight is 293 g/mol. The summed E-state index contributed by atoms with van der Waals surface area (Å²) in [6.45, 7) is 1.84. The van der Waals surface area contributed by atoms with Gasteiger partial charge in [0, 0.05) is 6.54 Å². The zero-order chi connectivity index (χ0) is 14.7. The topological polar surface area (TPSA) is 90.8 Å². The SMILES string of the molecule is COC(=O)C1COCCN1Cc1noc(-c2ccco2)n1. The summed E-state index contributed by atoms with van der Waals surface area (Å²) in [5.41, 5.74) is 0. The highest BCUT2D eigenvalue weighted by Gasteiger charge is 2.31. The van der Waals surface area contributed by atoms with Gasteiger partial charge in [-0.15, -0.1) is 0 Å². The van der Waals surface area contributed by atoms with Crippen molar-refractivity contribution < 1.29 is 23.2 Å². The highest BCUT2D eigenvalue weighted by Crippen LogP contribution is 2.18. The van der Waals surface area contributed by atoms with E-state index in [9.17, 15) is 4.79 Å². The smallest absolute Gasteiger partial charge is 0.325 e. The van der Waals surface area contributed by atoms with Crippen molar-refractivity contribution in [1.29, 1.82) is 0 Å². The summed E-state index contributed by atoms with van der Waals surface area (Å²) in [5, 5.41) is 3.91. The molecule has 1 fully saturated rings. The Bertz CT molecular complexity index is 595. The lowest BCUT2D eigenvalue weighted by molar-refractivity contribution is -0.153. The number of furan rings is 1. The molecule has 1 unspecified atom stereocenters. The molecule has 0 bridgehead atoms. The Morgan fingerprint density at radius 1 is 1.57 bits per heavy atom. The number of nitrogens with zero attached hydrogens (tertiary/aromatic N) is 3. The maximum atomic E-state index is 11.7. The van der Waals surface area contributed by atoms with Crippen LogP contribution in [0.1, 0.15) is 5.82 Å². The molecule has 3 rings (SSSR count). The van der Waals surface area contributed by atoms with Crippen LogP contribution in [0, 0.1) is 0 Å². The summed E-state index contributed by atoms with van der Waals surface area (Å²) >= 11 is 0. The molecule has 1 saturated heterocycles. The van der Waals surface area contributed by atoms with Gasteiger partial charge in [0.05, 0.1) is 33.1 Å². The molecule has 0 N–H and O–H groups in total. The molecule has 1 atom stereocenters. The minimum absolute atomic E-state index is 0.301. The highest BCUT2D eigenvalue weighted by atomic mass is 16.5. The summed E-state index contributed by atoms with van der Waals surface area (Å²) in [4.78, 5) is 17.9. The average Bonchev–Trinajstić information content (AvgIpc) is 3.18. The fraction of sp³-hybridized carbons (Fsp3) is 0.462. The maximum Gasteiger partial charge on any atom is 0.325 e. The molecule has 112 valence electrons. The molecule has 8 heteroatoms. The molecule has 3 heterocycles. The predicted octanol–water partition coefficient (Wildman–Crippen LogP) is 0.703. The Hall–Kier alpha value is -2.19. The van der Waals surface area contributed by atoms with Crippen molar-refractivity contribution in [2.24, 2.45) is 0 Å². The molecule has 0 aliphatic carbocycles. The Balaban J connectivity index is 1.71. The number of rotatable bonds is 4. The molecule has 21 heavy (non-hydrogen) atoms. The Kier molecular flexibility index (Phi) is 3.98. The van der Waals surface area contributed by atoms with E-state index in [-0.39, 0.29) is 5.97 Å². The van der Waals surface area contributed by atoms with Crippen molar-refractivity contribution in [2.45, 2.75) is 12.6 Å². The van der Waals surface area contributed by atoms with Crippen LogP contribution in [0.15, 0.2) is 27.3 Å². The lowest BCUT2D eigenvalue weighted by atomic mass is 10.2. The summed E-state index contributed by atoms with van der Waals surface area (Å²) in [5.74, 6) is 0.986. The number of ether oxygens (including phenoxy) is 2. The van der Waals surface area contributed by atoms with Gasteiger partial charge in [-0.1, -0.05) is 5.16 Å². The van der Waals surface area contributed by atoms with Crippen LogP contribution >= 0.6 is 0 Å². The summed E-state index contributed by atoms with van der Waals surface area (Å²) in [6, 6.07) is 3.03. The molecule has 0 radical (unpaired) electrons. The van der Waals surface area contributed by atoms with Crippen LogP contribution in [-0.2, 0) is 20.8 Å². The van der Waals surface area contributed by atoms with Crippen molar-refractivity contribution in [3.8, 4) is 11.7 Å². The first-order valence-electron chi connectivity index (χ1n) is 6.54. The first-order chi connectivity index (χ1) is 10.3. The molecule has 0 saturated carbocycles. The van der Waals surface area contributed by atoms with Gasteiger partial charge in [-0.05, 0) is 12.1 Å². The van der Waals surface area contributed by atoms with E-state index in [0.717, 1.165) is 0 Å². The Labute approximate surface area is 120 Å². The predicted molar refractivity (Wildman–Crippen MR) is 69.0 cm³/mol. The fourth-order valence-corrected chi connectivity index (χ4v) is 2.18. The number of morpholine rings is 1. The van der Waals surface area contributed by atoms with Gasteiger partial charge in [0.1, 0.15) is 6.04 Å². The van der Waals surface area contributed by atoms with Gasteiger partial charge in [0.2, 0.25) is 0 Å². The Morgan fingerprint density at radius 2 is 2.48 bits per heavy atom. The molecule has 0 amide bonds. The van der Waals surface area contributed by atoms with Crippen molar-refractivity contribution in [3.05, 3.63) is 24.2 Å². The Morgan fingerprint density at radius 3 is 3.24 bits per heavy atom. The van der Waals surface area contributed by atoms with E-state index in [2.05, 4.69) is 10.1 Å². The van der Waals surface area contributed by atoms with Crippen molar-refractivity contribution >= 4 is 5.97 Å².